The van der Waals surface area contributed by atoms with Crippen LogP contribution in [0.4, 0.5) is 4.79 Å². The van der Waals surface area contributed by atoms with Crippen LogP contribution in [0.25, 0.3) is 0 Å². The van der Waals surface area contributed by atoms with Gasteiger partial charge in [0.25, 0.3) is 0 Å². The number of likely N-dealkylation sites (tertiary alicyclic amines) is 1. The highest BCUT2D eigenvalue weighted by atomic mass is 35.5. The molecule has 138 valence electrons. The van der Waals surface area contributed by atoms with E-state index in [0.29, 0.717) is 42.4 Å². The Morgan fingerprint density at radius 3 is 2.48 bits per heavy atom. The van der Waals surface area contributed by atoms with Crippen LogP contribution in [0.1, 0.15) is 25.3 Å². The topological polar surface area (TPSA) is 52.7 Å². The van der Waals surface area contributed by atoms with E-state index in [0.717, 1.165) is 5.56 Å². The van der Waals surface area contributed by atoms with E-state index < -0.39 is 0 Å². The summed E-state index contributed by atoms with van der Waals surface area (Å²) in [6.45, 7) is 3.20. The number of amides is 3. The minimum absolute atomic E-state index is 0.00427. The number of nitrogens with one attached hydrogen (secondary N) is 1. The number of carbonyl (C=O) groups excluding carboxylic acids is 2. The lowest BCUT2D eigenvalue weighted by atomic mass is 9.95. The van der Waals surface area contributed by atoms with Crippen molar-refractivity contribution in [1.29, 1.82) is 0 Å². The molecule has 1 atom stereocenters. The number of piperidine rings is 1. The predicted octanol–water partition coefficient (Wildman–Crippen LogP) is 3.43. The predicted molar refractivity (Wildman–Crippen MR) is 101 cm³/mol. The fourth-order valence-corrected chi connectivity index (χ4v) is 3.53. The summed E-state index contributed by atoms with van der Waals surface area (Å²) in [7, 11) is 3.48. The summed E-state index contributed by atoms with van der Waals surface area (Å²) >= 11 is 12.1. The molecule has 0 radical (unpaired) electrons. The molecular formula is C18H25Cl2N3O2. The molecule has 1 aliphatic heterocycles. The number of carbonyl (C=O) groups is 2. The summed E-state index contributed by atoms with van der Waals surface area (Å²) in [6.07, 6.45) is 2.04. The van der Waals surface area contributed by atoms with E-state index in [1.165, 1.54) is 0 Å². The van der Waals surface area contributed by atoms with E-state index in [-0.39, 0.29) is 23.9 Å². The first-order valence-corrected chi connectivity index (χ1v) is 9.24. The lowest BCUT2D eigenvalue weighted by molar-refractivity contribution is -0.126. The molecule has 0 aliphatic carbocycles. The SMILES string of the molecule is CC(Cc1ccc(Cl)cc1Cl)NC(=O)C1CCN(C(=O)N(C)C)CC1. The van der Waals surface area contributed by atoms with Gasteiger partial charge in [-0.3, -0.25) is 4.79 Å². The zero-order valence-corrected chi connectivity index (χ0v) is 16.4. The number of rotatable bonds is 4. The van der Waals surface area contributed by atoms with Gasteiger partial charge in [-0.2, -0.15) is 0 Å². The third kappa shape index (κ3) is 5.51. The average molecular weight is 386 g/mol. The Morgan fingerprint density at radius 2 is 1.92 bits per heavy atom. The highest BCUT2D eigenvalue weighted by molar-refractivity contribution is 6.35. The molecule has 1 saturated heterocycles. The van der Waals surface area contributed by atoms with Gasteiger partial charge < -0.3 is 15.1 Å². The summed E-state index contributed by atoms with van der Waals surface area (Å²) < 4.78 is 0. The summed E-state index contributed by atoms with van der Waals surface area (Å²) in [6, 6.07) is 5.38. The molecule has 1 fully saturated rings. The molecule has 5 nitrogen and oxygen atoms in total. The first-order valence-electron chi connectivity index (χ1n) is 8.48. The Balaban J connectivity index is 1.83. The first kappa shape index (κ1) is 19.9. The molecule has 7 heteroatoms. The van der Waals surface area contributed by atoms with Gasteiger partial charge >= 0.3 is 6.03 Å². The van der Waals surface area contributed by atoms with Crippen LogP contribution in [-0.4, -0.2) is 55.0 Å². The Morgan fingerprint density at radius 1 is 1.28 bits per heavy atom. The molecule has 2 rings (SSSR count). The van der Waals surface area contributed by atoms with Crippen molar-refractivity contribution in [1.82, 2.24) is 15.1 Å². The van der Waals surface area contributed by atoms with Crippen LogP contribution in [-0.2, 0) is 11.2 Å². The highest BCUT2D eigenvalue weighted by Gasteiger charge is 2.28. The largest absolute Gasteiger partial charge is 0.353 e. The van der Waals surface area contributed by atoms with Gasteiger partial charge in [-0.15, -0.1) is 0 Å². The molecule has 3 amide bonds. The second kappa shape index (κ2) is 8.77. The van der Waals surface area contributed by atoms with Crippen LogP contribution in [0.2, 0.25) is 10.0 Å². The van der Waals surface area contributed by atoms with Crippen LogP contribution in [0, 0.1) is 5.92 Å². The summed E-state index contributed by atoms with van der Waals surface area (Å²) in [5.41, 5.74) is 0.963. The maximum atomic E-state index is 12.5. The molecule has 1 aliphatic rings. The van der Waals surface area contributed by atoms with E-state index in [1.807, 2.05) is 13.0 Å². The van der Waals surface area contributed by atoms with Crippen molar-refractivity contribution in [3.63, 3.8) is 0 Å². The van der Waals surface area contributed by atoms with E-state index >= 15 is 0 Å². The van der Waals surface area contributed by atoms with Crippen molar-refractivity contribution >= 4 is 35.1 Å². The number of halogens is 2. The van der Waals surface area contributed by atoms with Crippen molar-refractivity contribution in [2.75, 3.05) is 27.2 Å². The van der Waals surface area contributed by atoms with Crippen LogP contribution in [0.5, 0.6) is 0 Å². The quantitative estimate of drug-likeness (QED) is 0.862. The van der Waals surface area contributed by atoms with E-state index in [1.54, 1.807) is 36.0 Å². The third-order valence-electron chi connectivity index (χ3n) is 4.45. The number of hydrogen-bond donors (Lipinski definition) is 1. The van der Waals surface area contributed by atoms with Gasteiger partial charge in [-0.05, 0) is 43.9 Å². The van der Waals surface area contributed by atoms with Gasteiger partial charge in [0.15, 0.2) is 0 Å². The molecule has 25 heavy (non-hydrogen) atoms. The normalized spacial score (nSPS) is 16.4. The molecule has 1 N–H and O–H groups in total. The lowest BCUT2D eigenvalue weighted by Crippen LogP contribution is -2.47. The summed E-state index contributed by atoms with van der Waals surface area (Å²) in [5, 5.41) is 4.28. The van der Waals surface area contributed by atoms with Gasteiger partial charge in [0.1, 0.15) is 0 Å². The minimum atomic E-state index is -0.0469. The van der Waals surface area contributed by atoms with Crippen molar-refractivity contribution in [3.8, 4) is 0 Å². The van der Waals surface area contributed by atoms with Crippen molar-refractivity contribution in [2.45, 2.75) is 32.2 Å². The molecule has 1 unspecified atom stereocenters. The Kier molecular flexibility index (Phi) is 6.96. The number of benzene rings is 1. The summed E-state index contributed by atoms with van der Waals surface area (Å²) in [5.74, 6) is 0.00360. The average Bonchev–Trinajstić information content (AvgIpc) is 2.56. The van der Waals surface area contributed by atoms with Crippen LogP contribution < -0.4 is 5.32 Å². The molecule has 0 aromatic heterocycles. The number of nitrogens with zero attached hydrogens (tertiary/aromatic N) is 2. The maximum Gasteiger partial charge on any atom is 0.319 e. The molecule has 1 aromatic rings. The molecule has 1 aromatic carbocycles. The number of urea groups is 1. The van der Waals surface area contributed by atoms with Crippen LogP contribution >= 0.6 is 23.2 Å². The maximum absolute atomic E-state index is 12.5. The van der Waals surface area contributed by atoms with Gasteiger partial charge in [0.2, 0.25) is 5.91 Å². The fraction of sp³-hybridized carbons (Fsp3) is 0.556. The van der Waals surface area contributed by atoms with E-state index in [4.69, 9.17) is 23.2 Å². The molecule has 0 saturated carbocycles. The van der Waals surface area contributed by atoms with Crippen LogP contribution in [0.15, 0.2) is 18.2 Å². The van der Waals surface area contributed by atoms with Gasteiger partial charge in [-0.1, -0.05) is 29.3 Å². The van der Waals surface area contributed by atoms with Gasteiger partial charge in [0.05, 0.1) is 0 Å². The highest BCUT2D eigenvalue weighted by Crippen LogP contribution is 2.23. The van der Waals surface area contributed by atoms with Crippen molar-refractivity contribution in [3.05, 3.63) is 33.8 Å². The van der Waals surface area contributed by atoms with Crippen LogP contribution in [0.3, 0.4) is 0 Å². The second-order valence-corrected chi connectivity index (χ2v) is 7.63. The second-order valence-electron chi connectivity index (χ2n) is 6.79. The molecule has 0 spiro atoms. The monoisotopic (exact) mass is 385 g/mol. The Bertz CT molecular complexity index is 629. The molecule has 0 bridgehead atoms. The number of hydrogen-bond acceptors (Lipinski definition) is 2. The zero-order chi connectivity index (χ0) is 18.6. The summed E-state index contributed by atoms with van der Waals surface area (Å²) in [4.78, 5) is 27.8. The minimum Gasteiger partial charge on any atom is -0.353 e. The van der Waals surface area contributed by atoms with E-state index in [9.17, 15) is 9.59 Å². The first-order chi connectivity index (χ1) is 11.8. The van der Waals surface area contributed by atoms with Gasteiger partial charge in [0, 0.05) is 49.2 Å². The lowest BCUT2D eigenvalue weighted by Gasteiger charge is -2.33. The zero-order valence-electron chi connectivity index (χ0n) is 14.9. The Labute approximate surface area is 159 Å². The van der Waals surface area contributed by atoms with Gasteiger partial charge in [-0.25, -0.2) is 4.79 Å². The molecular weight excluding hydrogens is 361 g/mol. The standard InChI is InChI=1S/C18H25Cl2N3O2/c1-12(10-14-4-5-15(19)11-16(14)20)21-17(24)13-6-8-23(9-7-13)18(25)22(2)3/h4-5,11-13H,6-10H2,1-3H3,(H,21,24). The Hall–Kier alpha value is -1.46. The smallest absolute Gasteiger partial charge is 0.319 e. The third-order valence-corrected chi connectivity index (χ3v) is 5.04. The fourth-order valence-electron chi connectivity index (χ4n) is 3.04. The van der Waals surface area contributed by atoms with Crippen molar-refractivity contribution in [2.24, 2.45) is 5.92 Å². The molecule has 1 heterocycles. The van der Waals surface area contributed by atoms with Crippen molar-refractivity contribution < 1.29 is 9.59 Å². The van der Waals surface area contributed by atoms with E-state index in [2.05, 4.69) is 5.32 Å².